The van der Waals surface area contributed by atoms with Crippen molar-refractivity contribution in [1.82, 2.24) is 9.97 Å². The van der Waals surface area contributed by atoms with Gasteiger partial charge in [0.2, 0.25) is 0 Å². The number of anilines is 2. The predicted octanol–water partition coefficient (Wildman–Crippen LogP) is 4.61. The second-order valence-corrected chi connectivity index (χ2v) is 5.80. The summed E-state index contributed by atoms with van der Waals surface area (Å²) >= 11 is 5.87. The smallest absolute Gasteiger partial charge is 0.368 e. The lowest BCUT2D eigenvalue weighted by molar-refractivity contribution is -0.137. The summed E-state index contributed by atoms with van der Waals surface area (Å²) in [5.41, 5.74) is -1.04. The van der Waals surface area contributed by atoms with Gasteiger partial charge in [-0.05, 0) is 31.5 Å². The molecule has 25 heavy (non-hydrogen) atoms. The van der Waals surface area contributed by atoms with E-state index in [1.54, 1.807) is 0 Å². The number of benzene rings is 1. The summed E-state index contributed by atoms with van der Waals surface area (Å²) in [5.74, 6) is -0.236. The zero-order chi connectivity index (χ0) is 18.6. The van der Waals surface area contributed by atoms with Gasteiger partial charge >= 0.3 is 6.18 Å². The standard InChI is InChI=1S/C16H16ClF3N4O/c1-3-9(2)23-14-7-13(21-8-22-14)15(25)24-12-6-10(16(18,19)20)4-5-11(12)17/h4-9H,3H2,1-2H3,(H,24,25)(H,21,22,23). The molecule has 2 rings (SSSR count). The summed E-state index contributed by atoms with van der Waals surface area (Å²) in [5, 5.41) is 5.42. The third-order valence-corrected chi connectivity index (χ3v) is 3.78. The topological polar surface area (TPSA) is 66.9 Å². The second-order valence-electron chi connectivity index (χ2n) is 5.39. The van der Waals surface area contributed by atoms with Crippen molar-refractivity contribution < 1.29 is 18.0 Å². The Hall–Kier alpha value is -2.35. The normalized spacial score (nSPS) is 12.6. The van der Waals surface area contributed by atoms with Gasteiger partial charge in [0.15, 0.2) is 0 Å². The summed E-state index contributed by atoms with van der Waals surface area (Å²) in [6, 6.07) is 4.26. The van der Waals surface area contributed by atoms with Crippen LogP contribution in [0.15, 0.2) is 30.6 Å². The summed E-state index contributed by atoms with van der Waals surface area (Å²) in [6.07, 6.45) is -2.48. The number of hydrogen-bond donors (Lipinski definition) is 2. The molecule has 1 aromatic carbocycles. The van der Waals surface area contributed by atoms with E-state index in [1.807, 2.05) is 13.8 Å². The molecule has 0 fully saturated rings. The first kappa shape index (κ1) is 19.0. The molecule has 0 aliphatic rings. The highest BCUT2D eigenvalue weighted by Crippen LogP contribution is 2.33. The first-order chi connectivity index (χ1) is 11.7. The van der Waals surface area contributed by atoms with E-state index in [2.05, 4.69) is 20.6 Å². The number of halogens is 4. The van der Waals surface area contributed by atoms with Crippen LogP contribution in [0.25, 0.3) is 0 Å². The number of aromatic nitrogens is 2. The maximum absolute atomic E-state index is 12.8. The van der Waals surface area contributed by atoms with Crippen LogP contribution in [-0.4, -0.2) is 21.9 Å². The van der Waals surface area contributed by atoms with Gasteiger partial charge in [0.05, 0.1) is 16.3 Å². The molecule has 1 aromatic heterocycles. The molecule has 1 amide bonds. The highest BCUT2D eigenvalue weighted by Gasteiger charge is 2.31. The molecule has 9 heteroatoms. The molecule has 0 bridgehead atoms. The monoisotopic (exact) mass is 372 g/mol. The summed E-state index contributed by atoms with van der Waals surface area (Å²) in [4.78, 5) is 20.1. The number of amides is 1. The summed E-state index contributed by atoms with van der Waals surface area (Å²) in [6.45, 7) is 3.94. The van der Waals surface area contributed by atoms with Crippen LogP contribution >= 0.6 is 11.6 Å². The van der Waals surface area contributed by atoms with Crippen LogP contribution in [0.4, 0.5) is 24.7 Å². The van der Waals surface area contributed by atoms with Crippen LogP contribution < -0.4 is 10.6 Å². The van der Waals surface area contributed by atoms with Crippen molar-refractivity contribution in [1.29, 1.82) is 0 Å². The highest BCUT2D eigenvalue weighted by molar-refractivity contribution is 6.33. The fourth-order valence-corrected chi connectivity index (χ4v) is 2.06. The van der Waals surface area contributed by atoms with E-state index in [0.717, 1.165) is 24.6 Å². The number of nitrogens with zero attached hydrogens (tertiary/aromatic N) is 2. The van der Waals surface area contributed by atoms with Crippen molar-refractivity contribution in [3.8, 4) is 0 Å². The quantitative estimate of drug-likeness (QED) is 0.804. The molecule has 0 saturated carbocycles. The molecule has 5 nitrogen and oxygen atoms in total. The molecule has 0 saturated heterocycles. The molecule has 0 spiro atoms. The van der Waals surface area contributed by atoms with Gasteiger partial charge in [-0.1, -0.05) is 18.5 Å². The molecule has 1 atom stereocenters. The van der Waals surface area contributed by atoms with Gasteiger partial charge in [0.25, 0.3) is 5.91 Å². The highest BCUT2D eigenvalue weighted by atomic mass is 35.5. The van der Waals surface area contributed by atoms with Crippen LogP contribution in [0, 0.1) is 0 Å². The van der Waals surface area contributed by atoms with Crippen molar-refractivity contribution in [3.63, 3.8) is 0 Å². The third kappa shape index (κ3) is 5.06. The van der Waals surface area contributed by atoms with Crippen LogP contribution in [0.5, 0.6) is 0 Å². The van der Waals surface area contributed by atoms with Crippen molar-refractivity contribution in [2.75, 3.05) is 10.6 Å². The SMILES string of the molecule is CCC(C)Nc1cc(C(=O)Nc2cc(C(F)(F)F)ccc2Cl)ncn1. The first-order valence-corrected chi connectivity index (χ1v) is 7.85. The van der Waals surface area contributed by atoms with Gasteiger partial charge in [-0.25, -0.2) is 9.97 Å². The number of nitrogens with one attached hydrogen (secondary N) is 2. The number of rotatable bonds is 5. The molecule has 0 aliphatic heterocycles. The van der Waals surface area contributed by atoms with E-state index < -0.39 is 17.6 Å². The molecule has 2 N–H and O–H groups in total. The van der Waals surface area contributed by atoms with E-state index in [1.165, 1.54) is 12.4 Å². The third-order valence-electron chi connectivity index (χ3n) is 3.45. The number of hydrogen-bond acceptors (Lipinski definition) is 4. The Morgan fingerprint density at radius 3 is 2.64 bits per heavy atom. The Kier molecular flexibility index (Phi) is 5.84. The van der Waals surface area contributed by atoms with Gasteiger partial charge in [0, 0.05) is 12.1 Å². The van der Waals surface area contributed by atoms with Crippen LogP contribution in [0.3, 0.4) is 0 Å². The van der Waals surface area contributed by atoms with E-state index >= 15 is 0 Å². The minimum atomic E-state index is -4.54. The molecule has 1 unspecified atom stereocenters. The Morgan fingerprint density at radius 2 is 2.00 bits per heavy atom. The number of carbonyl (C=O) groups is 1. The lowest BCUT2D eigenvalue weighted by Gasteiger charge is -2.13. The largest absolute Gasteiger partial charge is 0.416 e. The van der Waals surface area contributed by atoms with Crippen molar-refractivity contribution in [2.45, 2.75) is 32.5 Å². The molecular formula is C16H16ClF3N4O. The fraction of sp³-hybridized carbons (Fsp3) is 0.312. The minimum absolute atomic E-state index is 0.00615. The van der Waals surface area contributed by atoms with Gasteiger partial charge in [-0.15, -0.1) is 0 Å². The van der Waals surface area contributed by atoms with Gasteiger partial charge in [-0.2, -0.15) is 13.2 Å². The molecular weight excluding hydrogens is 357 g/mol. The predicted molar refractivity (Wildman–Crippen MR) is 89.8 cm³/mol. The Morgan fingerprint density at radius 1 is 1.28 bits per heavy atom. The van der Waals surface area contributed by atoms with Gasteiger partial charge in [-0.3, -0.25) is 4.79 Å². The average molecular weight is 373 g/mol. The molecule has 0 aliphatic carbocycles. The van der Waals surface area contributed by atoms with E-state index in [-0.39, 0.29) is 22.4 Å². The van der Waals surface area contributed by atoms with E-state index in [0.29, 0.717) is 5.82 Å². The van der Waals surface area contributed by atoms with Crippen molar-refractivity contribution in [2.24, 2.45) is 0 Å². The van der Waals surface area contributed by atoms with Gasteiger partial charge in [0.1, 0.15) is 17.8 Å². The van der Waals surface area contributed by atoms with Crippen LogP contribution in [0.1, 0.15) is 36.3 Å². The average Bonchev–Trinajstić information content (AvgIpc) is 2.55. The summed E-state index contributed by atoms with van der Waals surface area (Å²) in [7, 11) is 0. The number of carbonyl (C=O) groups excluding carboxylic acids is 1. The second kappa shape index (κ2) is 7.69. The van der Waals surface area contributed by atoms with Crippen molar-refractivity contribution >= 4 is 29.0 Å². The molecule has 0 radical (unpaired) electrons. The molecule has 2 aromatic rings. The lowest BCUT2D eigenvalue weighted by Crippen LogP contribution is -2.18. The zero-order valence-corrected chi connectivity index (χ0v) is 14.2. The Balaban J connectivity index is 2.21. The van der Waals surface area contributed by atoms with Crippen LogP contribution in [0.2, 0.25) is 5.02 Å². The van der Waals surface area contributed by atoms with E-state index in [9.17, 15) is 18.0 Å². The zero-order valence-electron chi connectivity index (χ0n) is 13.5. The Labute approximate surface area is 147 Å². The first-order valence-electron chi connectivity index (χ1n) is 7.47. The summed E-state index contributed by atoms with van der Waals surface area (Å²) < 4.78 is 38.3. The maximum atomic E-state index is 12.8. The van der Waals surface area contributed by atoms with Crippen molar-refractivity contribution in [3.05, 3.63) is 46.9 Å². The molecule has 1 heterocycles. The van der Waals surface area contributed by atoms with Crippen LogP contribution in [-0.2, 0) is 6.18 Å². The van der Waals surface area contributed by atoms with Gasteiger partial charge < -0.3 is 10.6 Å². The molecule has 134 valence electrons. The number of alkyl halides is 3. The lowest BCUT2D eigenvalue weighted by atomic mass is 10.2. The Bertz CT molecular complexity index is 767. The fourth-order valence-electron chi connectivity index (χ4n) is 1.90. The maximum Gasteiger partial charge on any atom is 0.416 e. The van der Waals surface area contributed by atoms with E-state index in [4.69, 9.17) is 11.6 Å². The minimum Gasteiger partial charge on any atom is -0.368 e.